The minimum atomic E-state index is -0.669. The van der Waals surface area contributed by atoms with Crippen LogP contribution >= 0.6 is 0 Å². The number of rotatable bonds is 7. The van der Waals surface area contributed by atoms with Crippen molar-refractivity contribution in [1.29, 1.82) is 0 Å². The molecule has 0 fully saturated rings. The fraction of sp³-hybridized carbons (Fsp3) is 0.353. The number of ether oxygens (including phenoxy) is 1. The van der Waals surface area contributed by atoms with E-state index in [1.807, 2.05) is 13.8 Å². The molecule has 2 N–H and O–H groups in total. The lowest BCUT2D eigenvalue weighted by molar-refractivity contribution is -0.122. The van der Waals surface area contributed by atoms with Gasteiger partial charge in [-0.25, -0.2) is 0 Å². The number of hydrogen-bond acceptors (Lipinski definition) is 5. The lowest BCUT2D eigenvalue weighted by Crippen LogP contribution is -2.32. The third kappa shape index (κ3) is 4.58. The molecule has 128 valence electrons. The van der Waals surface area contributed by atoms with Gasteiger partial charge in [-0.3, -0.25) is 9.59 Å². The maximum atomic E-state index is 12.2. The number of aryl methyl sites for hydroxylation is 1. The van der Waals surface area contributed by atoms with Gasteiger partial charge in [0.15, 0.2) is 11.9 Å². The fourth-order valence-electron chi connectivity index (χ4n) is 2.07. The van der Waals surface area contributed by atoms with Gasteiger partial charge in [0.25, 0.3) is 11.8 Å². The van der Waals surface area contributed by atoms with Crippen LogP contribution in [0.2, 0.25) is 0 Å². The number of nitrogens with one attached hydrogen (secondary N) is 2. The predicted molar refractivity (Wildman–Crippen MR) is 89.0 cm³/mol. The van der Waals surface area contributed by atoms with Crippen molar-refractivity contribution in [3.05, 3.63) is 41.7 Å². The summed E-state index contributed by atoms with van der Waals surface area (Å²) in [5.74, 6) is 1.03. The summed E-state index contributed by atoms with van der Waals surface area (Å²) in [6.45, 7) is 6.01. The van der Waals surface area contributed by atoms with E-state index in [4.69, 9.17) is 9.26 Å². The smallest absolute Gasteiger partial charge is 0.266 e. The minimum absolute atomic E-state index is 0.143. The molecule has 0 spiro atoms. The predicted octanol–water partition coefficient (Wildman–Crippen LogP) is 2.53. The van der Waals surface area contributed by atoms with E-state index in [2.05, 4.69) is 15.8 Å². The van der Waals surface area contributed by atoms with Crippen LogP contribution in [0.15, 0.2) is 34.9 Å². The molecule has 7 heteroatoms. The summed E-state index contributed by atoms with van der Waals surface area (Å²) in [6.07, 6.45) is -0.182. The van der Waals surface area contributed by atoms with Gasteiger partial charge in [-0.1, -0.05) is 12.1 Å². The number of hydrogen-bond donors (Lipinski definition) is 2. The quantitative estimate of drug-likeness (QED) is 0.813. The Morgan fingerprint density at radius 2 is 1.96 bits per heavy atom. The molecule has 0 radical (unpaired) electrons. The van der Waals surface area contributed by atoms with E-state index < -0.39 is 6.10 Å². The van der Waals surface area contributed by atoms with Crippen LogP contribution in [0.3, 0.4) is 0 Å². The first kappa shape index (κ1) is 17.5. The van der Waals surface area contributed by atoms with E-state index in [9.17, 15) is 9.59 Å². The minimum Gasteiger partial charge on any atom is -0.481 e. The second-order valence-corrected chi connectivity index (χ2v) is 5.21. The lowest BCUT2D eigenvalue weighted by Gasteiger charge is -2.16. The van der Waals surface area contributed by atoms with Crippen LogP contribution in [0.5, 0.6) is 5.75 Å². The summed E-state index contributed by atoms with van der Waals surface area (Å²) in [6, 6.07) is 8.28. The van der Waals surface area contributed by atoms with Crippen LogP contribution in [0.4, 0.5) is 5.82 Å². The van der Waals surface area contributed by atoms with Gasteiger partial charge in [0.05, 0.1) is 0 Å². The number of anilines is 1. The Bertz CT molecular complexity index is 694. The molecule has 1 atom stereocenters. The van der Waals surface area contributed by atoms with Crippen molar-refractivity contribution in [2.75, 3.05) is 11.9 Å². The third-order valence-electron chi connectivity index (χ3n) is 3.27. The number of carbonyl (C=O) groups excluding carboxylic acids is 2. The average Bonchev–Trinajstić information content (AvgIpc) is 2.98. The SMILES string of the molecule is CCNC(=O)c1ccc(O[C@@H](CC)C(=O)Nc2cc(C)on2)cc1. The van der Waals surface area contributed by atoms with Crippen molar-refractivity contribution in [1.82, 2.24) is 10.5 Å². The molecule has 0 aliphatic heterocycles. The standard InChI is InChI=1S/C17H21N3O4/c1-4-14(17(22)19-15-10-11(3)24-20-15)23-13-8-6-12(7-9-13)16(21)18-5-2/h6-10,14H,4-5H2,1-3H3,(H,18,21)(H,19,20,22)/t14-/m0/s1. The summed E-state index contributed by atoms with van der Waals surface area (Å²) < 4.78 is 10.6. The zero-order valence-electron chi connectivity index (χ0n) is 14.0. The van der Waals surface area contributed by atoms with Gasteiger partial charge < -0.3 is 19.9 Å². The summed E-state index contributed by atoms with van der Waals surface area (Å²) in [5, 5.41) is 9.09. The van der Waals surface area contributed by atoms with Crippen molar-refractivity contribution in [3.8, 4) is 5.75 Å². The molecule has 2 aromatic rings. The van der Waals surface area contributed by atoms with E-state index >= 15 is 0 Å². The molecule has 0 aliphatic carbocycles. The van der Waals surface area contributed by atoms with Crippen molar-refractivity contribution in [2.45, 2.75) is 33.3 Å². The van der Waals surface area contributed by atoms with Gasteiger partial charge in [0, 0.05) is 18.2 Å². The van der Waals surface area contributed by atoms with Gasteiger partial charge in [0.1, 0.15) is 11.5 Å². The molecule has 0 saturated carbocycles. The first-order valence-corrected chi connectivity index (χ1v) is 7.82. The van der Waals surface area contributed by atoms with Crippen molar-refractivity contribution in [2.24, 2.45) is 0 Å². The zero-order chi connectivity index (χ0) is 17.5. The number of carbonyl (C=O) groups is 2. The molecule has 0 unspecified atom stereocenters. The highest BCUT2D eigenvalue weighted by atomic mass is 16.5. The van der Waals surface area contributed by atoms with Gasteiger partial charge in [-0.2, -0.15) is 0 Å². The maximum Gasteiger partial charge on any atom is 0.266 e. The molecule has 1 aromatic carbocycles. The Morgan fingerprint density at radius 3 is 2.50 bits per heavy atom. The number of nitrogens with zero attached hydrogens (tertiary/aromatic N) is 1. The summed E-state index contributed by atoms with van der Waals surface area (Å²) >= 11 is 0. The van der Waals surface area contributed by atoms with Crippen LogP contribution < -0.4 is 15.4 Å². The van der Waals surface area contributed by atoms with Crippen LogP contribution in [-0.2, 0) is 4.79 Å². The van der Waals surface area contributed by atoms with Crippen LogP contribution in [0.25, 0.3) is 0 Å². The van der Waals surface area contributed by atoms with E-state index in [-0.39, 0.29) is 11.8 Å². The molecule has 0 saturated heterocycles. The first-order chi connectivity index (χ1) is 11.5. The molecule has 0 aliphatic rings. The fourth-order valence-corrected chi connectivity index (χ4v) is 2.07. The molecular formula is C17H21N3O4. The number of benzene rings is 1. The normalized spacial score (nSPS) is 11.6. The highest BCUT2D eigenvalue weighted by Crippen LogP contribution is 2.16. The molecule has 7 nitrogen and oxygen atoms in total. The number of aromatic nitrogens is 1. The van der Waals surface area contributed by atoms with Crippen LogP contribution in [0.1, 0.15) is 36.4 Å². The highest BCUT2D eigenvalue weighted by Gasteiger charge is 2.20. The van der Waals surface area contributed by atoms with E-state index in [1.165, 1.54) is 0 Å². The number of amides is 2. The van der Waals surface area contributed by atoms with Gasteiger partial charge in [-0.15, -0.1) is 0 Å². The largest absolute Gasteiger partial charge is 0.481 e. The third-order valence-corrected chi connectivity index (χ3v) is 3.27. The Labute approximate surface area is 140 Å². The van der Waals surface area contributed by atoms with Crippen LogP contribution in [-0.4, -0.2) is 29.6 Å². The second-order valence-electron chi connectivity index (χ2n) is 5.21. The topological polar surface area (TPSA) is 93.5 Å². The van der Waals surface area contributed by atoms with Gasteiger partial charge in [-0.05, 0) is 44.5 Å². The van der Waals surface area contributed by atoms with Gasteiger partial charge >= 0.3 is 0 Å². The Hall–Kier alpha value is -2.83. The molecule has 0 bridgehead atoms. The first-order valence-electron chi connectivity index (χ1n) is 7.82. The summed E-state index contributed by atoms with van der Waals surface area (Å²) in [7, 11) is 0. The summed E-state index contributed by atoms with van der Waals surface area (Å²) in [5.41, 5.74) is 0.541. The molecule has 1 aromatic heterocycles. The monoisotopic (exact) mass is 331 g/mol. The average molecular weight is 331 g/mol. The van der Waals surface area contributed by atoms with Crippen LogP contribution in [0, 0.1) is 6.92 Å². The highest BCUT2D eigenvalue weighted by molar-refractivity contribution is 5.94. The molecular weight excluding hydrogens is 310 g/mol. The van der Waals surface area contributed by atoms with E-state index in [0.717, 1.165) is 0 Å². The van der Waals surface area contributed by atoms with Crippen molar-refractivity contribution in [3.63, 3.8) is 0 Å². The van der Waals surface area contributed by atoms with Crippen molar-refractivity contribution < 1.29 is 18.8 Å². The Morgan fingerprint density at radius 1 is 1.25 bits per heavy atom. The van der Waals surface area contributed by atoms with Gasteiger partial charge in [0.2, 0.25) is 0 Å². The second kappa shape index (κ2) is 8.14. The Kier molecular flexibility index (Phi) is 5.95. The molecule has 24 heavy (non-hydrogen) atoms. The zero-order valence-corrected chi connectivity index (χ0v) is 14.0. The molecule has 1 heterocycles. The van der Waals surface area contributed by atoms with Crippen molar-refractivity contribution >= 4 is 17.6 Å². The van der Waals surface area contributed by atoms with E-state index in [1.54, 1.807) is 37.3 Å². The molecule has 2 amide bonds. The Balaban J connectivity index is 1.98. The van der Waals surface area contributed by atoms with E-state index in [0.29, 0.717) is 35.9 Å². The summed E-state index contributed by atoms with van der Waals surface area (Å²) in [4.78, 5) is 24.0. The maximum absolute atomic E-state index is 12.2. The molecule has 2 rings (SSSR count). The lowest BCUT2D eigenvalue weighted by atomic mass is 10.2.